The van der Waals surface area contributed by atoms with Crippen molar-refractivity contribution in [2.24, 2.45) is 0 Å². The number of carbonyl (C=O) groups excluding carboxylic acids is 1. The van der Waals surface area contributed by atoms with E-state index in [1.54, 1.807) is 0 Å². The molecule has 2 heterocycles. The van der Waals surface area contributed by atoms with Gasteiger partial charge in [0.25, 0.3) is 0 Å². The van der Waals surface area contributed by atoms with Gasteiger partial charge in [-0.1, -0.05) is 22.9 Å². The summed E-state index contributed by atoms with van der Waals surface area (Å²) in [4.78, 5) is 16.5. The lowest BCUT2D eigenvalue weighted by molar-refractivity contribution is -0.129. The summed E-state index contributed by atoms with van der Waals surface area (Å²) in [7, 11) is 0. The summed E-state index contributed by atoms with van der Waals surface area (Å²) < 4.78 is 5.36. The fourth-order valence-corrected chi connectivity index (χ4v) is 2.84. The zero-order valence-electron chi connectivity index (χ0n) is 10.4. The van der Waals surface area contributed by atoms with Gasteiger partial charge in [0, 0.05) is 32.2 Å². The third-order valence-corrected chi connectivity index (χ3v) is 4.70. The van der Waals surface area contributed by atoms with Crippen LogP contribution in [0.2, 0.25) is 0 Å². The molecule has 0 aliphatic carbocycles. The number of rotatable bonds is 3. The average Bonchev–Trinajstić information content (AvgIpc) is 2.87. The molecule has 5 heteroatoms. The zero-order valence-corrected chi connectivity index (χ0v) is 12.0. The second-order valence-electron chi connectivity index (χ2n) is 4.75. The van der Waals surface area contributed by atoms with Crippen LogP contribution in [0.15, 0.2) is 0 Å². The topological polar surface area (TPSA) is 32.8 Å². The van der Waals surface area contributed by atoms with Crippen LogP contribution in [0.3, 0.4) is 0 Å². The fourth-order valence-electron chi connectivity index (χ4n) is 2.56. The van der Waals surface area contributed by atoms with Crippen LogP contribution >= 0.6 is 15.9 Å². The molecule has 2 saturated heterocycles. The maximum Gasteiger partial charge on any atom is 0.236 e. The summed E-state index contributed by atoms with van der Waals surface area (Å²) in [5, 5.41) is 0. The molecule has 2 fully saturated rings. The summed E-state index contributed by atoms with van der Waals surface area (Å²) in [5.74, 6) is 0.253. The predicted molar refractivity (Wildman–Crippen MR) is 70.4 cm³/mol. The van der Waals surface area contributed by atoms with Crippen LogP contribution in [0.4, 0.5) is 0 Å². The summed E-state index contributed by atoms with van der Waals surface area (Å²) >= 11 is 3.44. The number of likely N-dealkylation sites (tertiary alicyclic amines) is 1. The molecule has 98 valence electrons. The van der Waals surface area contributed by atoms with Crippen molar-refractivity contribution in [1.82, 2.24) is 9.80 Å². The molecular formula is C12H21BrN2O2. The maximum atomic E-state index is 12.0. The van der Waals surface area contributed by atoms with Gasteiger partial charge in [-0.25, -0.2) is 0 Å². The van der Waals surface area contributed by atoms with E-state index in [4.69, 9.17) is 4.74 Å². The first kappa shape index (κ1) is 13.3. The highest BCUT2D eigenvalue weighted by Gasteiger charge is 2.32. The smallest absolute Gasteiger partial charge is 0.236 e. The van der Waals surface area contributed by atoms with Gasteiger partial charge < -0.3 is 9.64 Å². The summed E-state index contributed by atoms with van der Waals surface area (Å²) in [6.07, 6.45) is 1.97. The van der Waals surface area contributed by atoms with E-state index >= 15 is 0 Å². The first-order valence-electron chi connectivity index (χ1n) is 6.47. The van der Waals surface area contributed by atoms with Gasteiger partial charge in [-0.2, -0.15) is 0 Å². The Morgan fingerprint density at radius 2 is 2.12 bits per heavy atom. The molecule has 17 heavy (non-hydrogen) atoms. The molecule has 2 aliphatic rings. The Morgan fingerprint density at radius 1 is 1.41 bits per heavy atom. The van der Waals surface area contributed by atoms with Gasteiger partial charge in [-0.3, -0.25) is 9.69 Å². The number of hydrogen-bond donors (Lipinski definition) is 0. The van der Waals surface area contributed by atoms with Crippen LogP contribution in [-0.2, 0) is 9.53 Å². The Morgan fingerprint density at radius 3 is 2.76 bits per heavy atom. The number of halogens is 1. The van der Waals surface area contributed by atoms with Crippen LogP contribution in [0.1, 0.15) is 19.8 Å². The number of alkyl halides is 1. The molecule has 1 amide bonds. The Hall–Kier alpha value is -0.130. The molecule has 0 saturated carbocycles. The van der Waals surface area contributed by atoms with Gasteiger partial charge in [0.15, 0.2) is 0 Å². The second kappa shape index (κ2) is 6.16. The first-order valence-corrected chi connectivity index (χ1v) is 7.38. The van der Waals surface area contributed by atoms with E-state index in [0.717, 1.165) is 52.2 Å². The minimum absolute atomic E-state index is 0.00839. The van der Waals surface area contributed by atoms with Crippen LogP contribution in [-0.4, -0.2) is 66.0 Å². The molecule has 0 bridgehead atoms. The molecule has 0 spiro atoms. The lowest BCUT2D eigenvalue weighted by Crippen LogP contribution is -2.45. The van der Waals surface area contributed by atoms with E-state index in [1.807, 2.05) is 11.8 Å². The van der Waals surface area contributed by atoms with E-state index < -0.39 is 0 Å². The molecule has 4 nitrogen and oxygen atoms in total. The highest BCUT2D eigenvalue weighted by molar-refractivity contribution is 9.10. The number of amides is 1. The molecule has 2 rings (SSSR count). The highest BCUT2D eigenvalue weighted by Crippen LogP contribution is 2.20. The highest BCUT2D eigenvalue weighted by atomic mass is 79.9. The van der Waals surface area contributed by atoms with Gasteiger partial charge in [0.2, 0.25) is 5.91 Å². The lowest BCUT2D eigenvalue weighted by Gasteiger charge is -2.32. The summed E-state index contributed by atoms with van der Waals surface area (Å²) in [6, 6.07) is 0.541. The predicted octanol–water partition coefficient (Wildman–Crippen LogP) is 1.09. The standard InChI is InChI=1S/C12H21BrN2O2/c1-2-11(13)12(16)15-4-3-10(9-15)14-5-7-17-8-6-14/h10-11H,2-9H2,1H3. The Labute approximate surface area is 111 Å². The van der Waals surface area contributed by atoms with E-state index in [2.05, 4.69) is 20.8 Å². The van der Waals surface area contributed by atoms with Gasteiger partial charge in [-0.05, 0) is 12.8 Å². The molecule has 2 unspecified atom stereocenters. The number of morpholine rings is 1. The first-order chi connectivity index (χ1) is 8.22. The SMILES string of the molecule is CCC(Br)C(=O)N1CCC(N2CCOCC2)C1. The van der Waals surface area contributed by atoms with Crippen molar-refractivity contribution in [3.8, 4) is 0 Å². The normalized spacial score (nSPS) is 28.4. The van der Waals surface area contributed by atoms with Crippen LogP contribution < -0.4 is 0 Å². The van der Waals surface area contributed by atoms with Gasteiger partial charge in [0.05, 0.1) is 18.0 Å². The summed E-state index contributed by atoms with van der Waals surface area (Å²) in [5.41, 5.74) is 0. The minimum Gasteiger partial charge on any atom is -0.379 e. The van der Waals surface area contributed by atoms with Crippen molar-refractivity contribution in [2.45, 2.75) is 30.6 Å². The Kier molecular flexibility index (Phi) is 4.82. The molecular weight excluding hydrogens is 284 g/mol. The molecule has 2 aliphatic heterocycles. The number of carbonyl (C=O) groups is 1. The third kappa shape index (κ3) is 3.20. The Balaban J connectivity index is 1.84. The lowest BCUT2D eigenvalue weighted by atomic mass is 10.2. The quantitative estimate of drug-likeness (QED) is 0.732. The van der Waals surface area contributed by atoms with Crippen molar-refractivity contribution < 1.29 is 9.53 Å². The van der Waals surface area contributed by atoms with Crippen LogP contribution in [0, 0.1) is 0 Å². The molecule has 0 N–H and O–H groups in total. The number of hydrogen-bond acceptors (Lipinski definition) is 3. The van der Waals surface area contributed by atoms with Crippen molar-refractivity contribution in [2.75, 3.05) is 39.4 Å². The maximum absolute atomic E-state index is 12.0. The van der Waals surface area contributed by atoms with E-state index in [1.165, 1.54) is 0 Å². The largest absolute Gasteiger partial charge is 0.379 e. The Bertz CT molecular complexity index is 269. The third-order valence-electron chi connectivity index (χ3n) is 3.66. The van der Waals surface area contributed by atoms with Crippen molar-refractivity contribution in [3.63, 3.8) is 0 Å². The fraction of sp³-hybridized carbons (Fsp3) is 0.917. The van der Waals surface area contributed by atoms with Gasteiger partial charge >= 0.3 is 0 Å². The van der Waals surface area contributed by atoms with Crippen molar-refractivity contribution in [3.05, 3.63) is 0 Å². The molecule has 0 radical (unpaired) electrons. The monoisotopic (exact) mass is 304 g/mol. The van der Waals surface area contributed by atoms with E-state index in [9.17, 15) is 4.79 Å². The summed E-state index contributed by atoms with van der Waals surface area (Å²) in [6.45, 7) is 7.52. The minimum atomic E-state index is -0.00839. The molecule has 0 aromatic rings. The van der Waals surface area contributed by atoms with Crippen molar-refractivity contribution in [1.29, 1.82) is 0 Å². The van der Waals surface area contributed by atoms with Crippen LogP contribution in [0.5, 0.6) is 0 Å². The molecule has 2 atom stereocenters. The zero-order chi connectivity index (χ0) is 12.3. The average molecular weight is 305 g/mol. The van der Waals surface area contributed by atoms with Crippen LogP contribution in [0.25, 0.3) is 0 Å². The van der Waals surface area contributed by atoms with E-state index in [-0.39, 0.29) is 10.7 Å². The van der Waals surface area contributed by atoms with Gasteiger partial charge in [-0.15, -0.1) is 0 Å². The van der Waals surface area contributed by atoms with Crippen molar-refractivity contribution >= 4 is 21.8 Å². The van der Waals surface area contributed by atoms with E-state index in [0.29, 0.717) is 6.04 Å². The number of ether oxygens (including phenoxy) is 1. The number of nitrogens with zero attached hydrogens (tertiary/aromatic N) is 2. The molecule has 0 aromatic carbocycles. The van der Waals surface area contributed by atoms with Gasteiger partial charge in [0.1, 0.15) is 0 Å². The molecule has 0 aromatic heterocycles. The second-order valence-corrected chi connectivity index (χ2v) is 5.86.